The molecule has 11 heavy (non-hydrogen) atoms. The molecule has 0 fully saturated rings. The van der Waals surface area contributed by atoms with Crippen LogP contribution >= 0.6 is 0 Å². The summed E-state index contributed by atoms with van der Waals surface area (Å²) >= 11 is 0. The fourth-order valence-corrected chi connectivity index (χ4v) is 1.22. The van der Waals surface area contributed by atoms with E-state index in [2.05, 4.69) is 0 Å². The summed E-state index contributed by atoms with van der Waals surface area (Å²) in [5, 5.41) is 0. The van der Waals surface area contributed by atoms with Gasteiger partial charge < -0.3 is 4.74 Å². The first-order valence-electron chi connectivity index (χ1n) is 3.68. The molecule has 0 aromatic carbocycles. The molecule has 62 valence electrons. The van der Waals surface area contributed by atoms with Crippen molar-refractivity contribution < 1.29 is 9.13 Å². The van der Waals surface area contributed by atoms with Gasteiger partial charge in [-0.05, 0) is 25.0 Å². The smallest absolute Gasteiger partial charge is 0.151 e. The fourth-order valence-electron chi connectivity index (χ4n) is 1.22. The number of allylic oxidation sites excluding steroid dienone is 2. The highest BCUT2D eigenvalue weighted by atomic mass is 19.1. The summed E-state index contributed by atoms with van der Waals surface area (Å²) in [6.45, 7) is 3.66. The van der Waals surface area contributed by atoms with Crippen molar-refractivity contribution in [1.29, 1.82) is 0 Å². The van der Waals surface area contributed by atoms with Crippen LogP contribution in [0.3, 0.4) is 0 Å². The summed E-state index contributed by atoms with van der Waals surface area (Å²) in [5.41, 5.74) is 1.69. The first kappa shape index (κ1) is 8.47. The average Bonchev–Trinajstić information content (AvgIpc) is 1.99. The van der Waals surface area contributed by atoms with E-state index >= 15 is 0 Å². The highest BCUT2D eigenvalue weighted by molar-refractivity contribution is 5.29. The van der Waals surface area contributed by atoms with Crippen molar-refractivity contribution in [2.45, 2.75) is 26.1 Å². The second-order valence-corrected chi connectivity index (χ2v) is 2.88. The van der Waals surface area contributed by atoms with E-state index in [1.165, 1.54) is 7.11 Å². The van der Waals surface area contributed by atoms with Crippen LogP contribution in [0.25, 0.3) is 0 Å². The molecule has 2 unspecified atom stereocenters. The van der Waals surface area contributed by atoms with Gasteiger partial charge in [0.1, 0.15) is 6.10 Å². The zero-order chi connectivity index (χ0) is 8.43. The summed E-state index contributed by atoms with van der Waals surface area (Å²) in [6.07, 6.45) is 2.36. The van der Waals surface area contributed by atoms with Crippen LogP contribution in [0.2, 0.25) is 0 Å². The van der Waals surface area contributed by atoms with Crippen LogP contribution in [0.5, 0.6) is 0 Å². The maximum absolute atomic E-state index is 13.3. The lowest BCUT2D eigenvalue weighted by molar-refractivity contribution is 0.0721. The van der Waals surface area contributed by atoms with E-state index in [0.717, 1.165) is 11.1 Å². The zero-order valence-corrected chi connectivity index (χ0v) is 7.10. The lowest BCUT2D eigenvalue weighted by Crippen LogP contribution is -2.28. The van der Waals surface area contributed by atoms with Crippen LogP contribution < -0.4 is 0 Å². The van der Waals surface area contributed by atoms with E-state index in [9.17, 15) is 4.39 Å². The quantitative estimate of drug-likeness (QED) is 0.565. The Kier molecular flexibility index (Phi) is 2.45. The van der Waals surface area contributed by atoms with Gasteiger partial charge in [-0.1, -0.05) is 12.2 Å². The first-order chi connectivity index (χ1) is 5.16. The van der Waals surface area contributed by atoms with E-state index < -0.39 is 6.17 Å². The minimum atomic E-state index is -0.968. The summed E-state index contributed by atoms with van der Waals surface area (Å²) in [5.74, 6) is 0. The van der Waals surface area contributed by atoms with E-state index in [1.54, 1.807) is 13.0 Å². The summed E-state index contributed by atoms with van der Waals surface area (Å²) < 4.78 is 18.3. The Morgan fingerprint density at radius 3 is 2.27 bits per heavy atom. The summed E-state index contributed by atoms with van der Waals surface area (Å²) in [7, 11) is 1.53. The van der Waals surface area contributed by atoms with Gasteiger partial charge in [-0.25, -0.2) is 4.39 Å². The standard InChI is InChI=1S/C9H13FO/c1-6-4-5-7(2)9(11-3)8(6)10/h4-5,8-9H,1-3H3. The monoisotopic (exact) mass is 156 g/mol. The molecule has 0 aromatic heterocycles. The molecule has 1 aliphatic carbocycles. The van der Waals surface area contributed by atoms with Crippen LogP contribution in [0, 0.1) is 0 Å². The minimum Gasteiger partial charge on any atom is -0.374 e. The molecule has 0 N–H and O–H groups in total. The first-order valence-corrected chi connectivity index (χ1v) is 3.68. The number of halogens is 1. The molecular formula is C9H13FO. The van der Waals surface area contributed by atoms with Crippen LogP contribution in [-0.2, 0) is 4.74 Å². The second-order valence-electron chi connectivity index (χ2n) is 2.88. The van der Waals surface area contributed by atoms with Gasteiger partial charge in [0.05, 0.1) is 0 Å². The Balaban J connectivity index is 2.84. The van der Waals surface area contributed by atoms with Gasteiger partial charge in [0.15, 0.2) is 6.17 Å². The van der Waals surface area contributed by atoms with Gasteiger partial charge in [-0.2, -0.15) is 0 Å². The maximum atomic E-state index is 13.3. The van der Waals surface area contributed by atoms with E-state index in [1.807, 2.05) is 13.0 Å². The number of hydrogen-bond donors (Lipinski definition) is 0. The highest BCUT2D eigenvalue weighted by Crippen LogP contribution is 2.23. The highest BCUT2D eigenvalue weighted by Gasteiger charge is 2.25. The number of hydrogen-bond acceptors (Lipinski definition) is 1. The molecule has 0 bridgehead atoms. The predicted octanol–water partition coefficient (Wildman–Crippen LogP) is 2.25. The van der Waals surface area contributed by atoms with Gasteiger partial charge in [0.25, 0.3) is 0 Å². The lowest BCUT2D eigenvalue weighted by atomic mass is 9.96. The number of methoxy groups -OCH3 is 1. The third-order valence-corrected chi connectivity index (χ3v) is 2.01. The van der Waals surface area contributed by atoms with E-state index in [-0.39, 0.29) is 6.10 Å². The molecule has 0 aliphatic heterocycles. The molecule has 0 saturated carbocycles. The van der Waals surface area contributed by atoms with Gasteiger partial charge in [0, 0.05) is 7.11 Å². The van der Waals surface area contributed by atoms with Crippen molar-refractivity contribution in [3.8, 4) is 0 Å². The Labute approximate surface area is 66.6 Å². The van der Waals surface area contributed by atoms with E-state index in [0.29, 0.717) is 0 Å². The van der Waals surface area contributed by atoms with Crippen molar-refractivity contribution in [2.24, 2.45) is 0 Å². The Bertz CT molecular complexity index is 206. The third kappa shape index (κ3) is 1.51. The SMILES string of the molecule is COC1C(C)=CC=C(C)C1F. The Morgan fingerprint density at radius 2 is 1.82 bits per heavy atom. The molecule has 2 atom stereocenters. The average molecular weight is 156 g/mol. The van der Waals surface area contributed by atoms with E-state index in [4.69, 9.17) is 4.74 Å². The predicted molar refractivity (Wildman–Crippen MR) is 43.2 cm³/mol. The topological polar surface area (TPSA) is 9.23 Å². The van der Waals surface area contributed by atoms with Crippen molar-refractivity contribution in [2.75, 3.05) is 7.11 Å². The normalized spacial score (nSPS) is 31.3. The molecule has 0 heterocycles. The van der Waals surface area contributed by atoms with Crippen LogP contribution in [0.4, 0.5) is 4.39 Å². The molecular weight excluding hydrogens is 143 g/mol. The maximum Gasteiger partial charge on any atom is 0.151 e. The lowest BCUT2D eigenvalue weighted by Gasteiger charge is -2.23. The number of alkyl halides is 1. The summed E-state index contributed by atoms with van der Waals surface area (Å²) in [4.78, 5) is 0. The third-order valence-electron chi connectivity index (χ3n) is 2.01. The Morgan fingerprint density at radius 1 is 1.27 bits per heavy atom. The molecule has 1 aliphatic rings. The largest absolute Gasteiger partial charge is 0.374 e. The molecule has 0 amide bonds. The molecule has 2 heteroatoms. The fraction of sp³-hybridized carbons (Fsp3) is 0.556. The van der Waals surface area contributed by atoms with Gasteiger partial charge in [-0.15, -0.1) is 0 Å². The molecule has 0 aromatic rings. The number of ether oxygens (including phenoxy) is 1. The molecule has 0 spiro atoms. The zero-order valence-electron chi connectivity index (χ0n) is 7.10. The van der Waals surface area contributed by atoms with Crippen LogP contribution in [0.15, 0.2) is 23.3 Å². The van der Waals surface area contributed by atoms with Crippen molar-refractivity contribution in [3.05, 3.63) is 23.3 Å². The van der Waals surface area contributed by atoms with Crippen molar-refractivity contribution in [3.63, 3.8) is 0 Å². The van der Waals surface area contributed by atoms with Crippen LogP contribution in [-0.4, -0.2) is 19.4 Å². The van der Waals surface area contributed by atoms with Crippen molar-refractivity contribution in [1.82, 2.24) is 0 Å². The van der Waals surface area contributed by atoms with Crippen molar-refractivity contribution >= 4 is 0 Å². The summed E-state index contributed by atoms with van der Waals surface area (Å²) in [6, 6.07) is 0. The molecule has 0 saturated heterocycles. The van der Waals surface area contributed by atoms with Gasteiger partial charge in [0.2, 0.25) is 0 Å². The second kappa shape index (κ2) is 3.18. The Hall–Kier alpha value is -0.630. The molecule has 1 nitrogen and oxygen atoms in total. The van der Waals surface area contributed by atoms with Gasteiger partial charge in [-0.3, -0.25) is 0 Å². The molecule has 0 radical (unpaired) electrons. The van der Waals surface area contributed by atoms with Crippen LogP contribution in [0.1, 0.15) is 13.8 Å². The number of rotatable bonds is 1. The molecule has 1 rings (SSSR count). The van der Waals surface area contributed by atoms with Gasteiger partial charge >= 0.3 is 0 Å². The minimum absolute atomic E-state index is 0.375.